The highest BCUT2D eigenvalue weighted by molar-refractivity contribution is 5.89. The summed E-state index contributed by atoms with van der Waals surface area (Å²) >= 11 is 0. The van der Waals surface area contributed by atoms with Crippen LogP contribution in [0.25, 0.3) is 10.8 Å². The minimum Gasteiger partial charge on any atom is -0.422 e. The third-order valence-corrected chi connectivity index (χ3v) is 4.40. The molecule has 0 bridgehead atoms. The van der Waals surface area contributed by atoms with Crippen LogP contribution < -0.4 is 14.8 Å². The molecule has 0 aliphatic carbocycles. The third kappa shape index (κ3) is 7.62. The van der Waals surface area contributed by atoms with Gasteiger partial charge in [0.15, 0.2) is 11.5 Å². The Bertz CT molecular complexity index is 885. The molecule has 0 amide bonds. The molecule has 30 heavy (non-hydrogen) atoms. The minimum atomic E-state index is -0.365. The van der Waals surface area contributed by atoms with Gasteiger partial charge in [-0.2, -0.15) is 0 Å². The normalized spacial score (nSPS) is 11.5. The highest BCUT2D eigenvalue weighted by atomic mass is 35.5. The molecule has 0 unspecified atom stereocenters. The quantitative estimate of drug-likeness (QED) is 0.471. The van der Waals surface area contributed by atoms with Crippen LogP contribution in [0.2, 0.25) is 0 Å². The summed E-state index contributed by atoms with van der Waals surface area (Å²) in [4.78, 5) is 24.3. The van der Waals surface area contributed by atoms with Crippen molar-refractivity contribution in [3.8, 4) is 11.5 Å². The predicted molar refractivity (Wildman–Crippen MR) is 124 cm³/mol. The van der Waals surface area contributed by atoms with Crippen LogP contribution in [-0.2, 0) is 16.0 Å². The molecule has 0 aromatic heterocycles. The van der Waals surface area contributed by atoms with Gasteiger partial charge in [-0.3, -0.25) is 9.59 Å². The smallest absolute Gasteiger partial charge is 0.313 e. The van der Waals surface area contributed by atoms with Crippen molar-refractivity contribution in [3.05, 3.63) is 35.9 Å². The lowest BCUT2D eigenvalue weighted by molar-refractivity contribution is -0.140. The number of esters is 2. The van der Waals surface area contributed by atoms with Gasteiger partial charge in [-0.25, -0.2) is 0 Å². The van der Waals surface area contributed by atoms with Crippen LogP contribution in [0.15, 0.2) is 30.3 Å². The topological polar surface area (TPSA) is 64.6 Å². The highest BCUT2D eigenvalue weighted by Gasteiger charge is 2.19. The van der Waals surface area contributed by atoms with Gasteiger partial charge in [-0.05, 0) is 62.2 Å². The summed E-state index contributed by atoms with van der Waals surface area (Å²) in [5.74, 6) is -0.749. The van der Waals surface area contributed by atoms with Crippen molar-refractivity contribution in [2.45, 2.75) is 60.4 Å². The van der Waals surface area contributed by atoms with Gasteiger partial charge < -0.3 is 14.8 Å². The molecule has 0 aliphatic rings. The summed E-state index contributed by atoms with van der Waals surface area (Å²) in [6.45, 7) is 14.4. The Morgan fingerprint density at radius 2 is 1.37 bits per heavy atom. The SMILES string of the molecule is CC(C)C(=O)Oc1cc2ccc(CCNC(C)(C)C)cc2cc1OC(=O)C(C)C.Cl. The first-order valence-electron chi connectivity index (χ1n) is 10.2. The van der Waals surface area contributed by atoms with Crippen molar-refractivity contribution < 1.29 is 19.1 Å². The molecule has 2 aromatic rings. The lowest BCUT2D eigenvalue weighted by atomic mass is 10.0. The van der Waals surface area contributed by atoms with Gasteiger partial charge in [0.1, 0.15) is 0 Å². The van der Waals surface area contributed by atoms with Gasteiger partial charge in [-0.1, -0.05) is 45.9 Å². The first kappa shape index (κ1) is 25.9. The van der Waals surface area contributed by atoms with E-state index in [-0.39, 0.29) is 53.2 Å². The lowest BCUT2D eigenvalue weighted by Crippen LogP contribution is -2.37. The van der Waals surface area contributed by atoms with E-state index in [1.807, 2.05) is 6.07 Å². The van der Waals surface area contributed by atoms with Crippen LogP contribution >= 0.6 is 12.4 Å². The maximum atomic E-state index is 12.2. The number of carbonyl (C=O) groups is 2. The molecule has 2 aromatic carbocycles. The second-order valence-corrected chi connectivity index (χ2v) is 9.06. The minimum absolute atomic E-state index is 0. The number of rotatable bonds is 7. The maximum Gasteiger partial charge on any atom is 0.313 e. The van der Waals surface area contributed by atoms with E-state index in [4.69, 9.17) is 9.47 Å². The van der Waals surface area contributed by atoms with E-state index < -0.39 is 0 Å². The Hall–Kier alpha value is -2.11. The molecule has 0 aliphatic heterocycles. The summed E-state index contributed by atoms with van der Waals surface area (Å²) < 4.78 is 11.0. The molecular weight excluding hydrogens is 402 g/mol. The van der Waals surface area contributed by atoms with Crippen LogP contribution in [-0.4, -0.2) is 24.0 Å². The highest BCUT2D eigenvalue weighted by Crippen LogP contribution is 2.34. The van der Waals surface area contributed by atoms with Crippen LogP contribution in [0.3, 0.4) is 0 Å². The van der Waals surface area contributed by atoms with E-state index in [2.05, 4.69) is 38.2 Å². The van der Waals surface area contributed by atoms with E-state index in [9.17, 15) is 9.59 Å². The zero-order chi connectivity index (χ0) is 21.8. The van der Waals surface area contributed by atoms with Crippen molar-refractivity contribution in [3.63, 3.8) is 0 Å². The molecule has 166 valence electrons. The number of halogens is 1. The zero-order valence-corrected chi connectivity index (χ0v) is 19.8. The summed E-state index contributed by atoms with van der Waals surface area (Å²) in [5, 5.41) is 5.35. The molecule has 0 radical (unpaired) electrons. The van der Waals surface area contributed by atoms with Gasteiger partial charge in [0.2, 0.25) is 0 Å². The lowest BCUT2D eigenvalue weighted by Gasteiger charge is -2.20. The number of ether oxygens (including phenoxy) is 2. The Balaban J connectivity index is 0.00000450. The molecule has 0 atom stereocenters. The van der Waals surface area contributed by atoms with Crippen molar-refractivity contribution >= 4 is 35.1 Å². The van der Waals surface area contributed by atoms with E-state index >= 15 is 0 Å². The van der Waals surface area contributed by atoms with Gasteiger partial charge in [-0.15, -0.1) is 12.4 Å². The Labute approximate surface area is 185 Å². The van der Waals surface area contributed by atoms with Crippen LogP contribution in [0, 0.1) is 11.8 Å². The fourth-order valence-corrected chi connectivity index (χ4v) is 2.65. The number of hydrogen-bond donors (Lipinski definition) is 1. The number of carbonyl (C=O) groups excluding carboxylic acids is 2. The van der Waals surface area contributed by atoms with Crippen LogP contribution in [0.5, 0.6) is 11.5 Å². The second-order valence-electron chi connectivity index (χ2n) is 9.06. The van der Waals surface area contributed by atoms with Gasteiger partial charge >= 0.3 is 11.9 Å². The van der Waals surface area contributed by atoms with Gasteiger partial charge in [0.25, 0.3) is 0 Å². The molecule has 0 fully saturated rings. The Morgan fingerprint density at radius 3 is 1.83 bits per heavy atom. The fraction of sp³-hybridized carbons (Fsp3) is 0.500. The molecular formula is C24H34ClNO4. The summed E-state index contributed by atoms with van der Waals surface area (Å²) in [5.41, 5.74) is 1.26. The summed E-state index contributed by atoms with van der Waals surface area (Å²) in [7, 11) is 0. The van der Waals surface area contributed by atoms with Crippen LogP contribution in [0.4, 0.5) is 0 Å². The van der Waals surface area contributed by atoms with E-state index in [1.165, 1.54) is 5.56 Å². The maximum absolute atomic E-state index is 12.2. The number of benzene rings is 2. The average Bonchev–Trinajstić information content (AvgIpc) is 2.60. The predicted octanol–water partition coefficient (Wildman–Crippen LogP) is 5.32. The summed E-state index contributed by atoms with van der Waals surface area (Å²) in [6.07, 6.45) is 0.887. The molecule has 6 heteroatoms. The third-order valence-electron chi connectivity index (χ3n) is 4.40. The number of nitrogens with one attached hydrogen (secondary N) is 1. The summed E-state index contributed by atoms with van der Waals surface area (Å²) in [6, 6.07) is 9.69. The molecule has 0 spiro atoms. The molecule has 0 heterocycles. The monoisotopic (exact) mass is 435 g/mol. The number of hydrogen-bond acceptors (Lipinski definition) is 5. The Morgan fingerprint density at radius 1 is 0.867 bits per heavy atom. The van der Waals surface area contributed by atoms with Gasteiger partial charge in [0, 0.05) is 5.54 Å². The average molecular weight is 436 g/mol. The second kappa shape index (κ2) is 10.8. The van der Waals surface area contributed by atoms with E-state index in [0.717, 1.165) is 23.7 Å². The van der Waals surface area contributed by atoms with Crippen LogP contribution in [0.1, 0.15) is 54.0 Å². The van der Waals surface area contributed by atoms with E-state index in [0.29, 0.717) is 0 Å². The van der Waals surface area contributed by atoms with Crippen molar-refractivity contribution in [2.75, 3.05) is 6.54 Å². The molecule has 0 saturated heterocycles. The molecule has 1 N–H and O–H groups in total. The van der Waals surface area contributed by atoms with Crippen molar-refractivity contribution in [1.29, 1.82) is 0 Å². The first-order valence-corrected chi connectivity index (χ1v) is 10.2. The van der Waals surface area contributed by atoms with Crippen molar-refractivity contribution in [1.82, 2.24) is 5.32 Å². The van der Waals surface area contributed by atoms with Gasteiger partial charge in [0.05, 0.1) is 11.8 Å². The number of fused-ring (bicyclic) bond motifs is 1. The largest absolute Gasteiger partial charge is 0.422 e. The first-order chi connectivity index (χ1) is 13.5. The fourth-order valence-electron chi connectivity index (χ4n) is 2.65. The molecule has 5 nitrogen and oxygen atoms in total. The Kier molecular flexibility index (Phi) is 9.32. The molecule has 2 rings (SSSR count). The van der Waals surface area contributed by atoms with E-state index in [1.54, 1.807) is 39.8 Å². The zero-order valence-electron chi connectivity index (χ0n) is 19.0. The molecule has 0 saturated carbocycles. The van der Waals surface area contributed by atoms with Crippen molar-refractivity contribution in [2.24, 2.45) is 11.8 Å². The standard InChI is InChI=1S/C24H33NO4.ClH/c1-15(2)22(26)28-20-13-18-9-8-17(10-11-25-24(5,6)7)12-19(18)14-21(20)29-23(27)16(3)4;/h8-9,12-16,25H,10-11H2,1-7H3;1H.